The van der Waals surface area contributed by atoms with Crippen LogP contribution in [0.1, 0.15) is 19.3 Å². The smallest absolute Gasteiger partial charge is 0.308 e. The average Bonchev–Trinajstić information content (AvgIpc) is 3.09. The highest BCUT2D eigenvalue weighted by Gasteiger charge is 2.47. The number of anilines is 2. The van der Waals surface area contributed by atoms with E-state index in [1.807, 2.05) is 60.7 Å². The molecule has 2 aromatic rings. The van der Waals surface area contributed by atoms with Gasteiger partial charge in [-0.05, 0) is 37.1 Å². The molecule has 33 heavy (non-hydrogen) atoms. The Kier molecular flexibility index (Phi) is 5.76. The molecule has 3 aliphatic rings. The number of ether oxygens (including phenoxy) is 1. The number of amides is 3. The zero-order chi connectivity index (χ0) is 22.9. The zero-order valence-corrected chi connectivity index (χ0v) is 18.6. The third-order valence-corrected chi connectivity index (χ3v) is 7.31. The fourth-order valence-corrected chi connectivity index (χ4v) is 5.60. The van der Waals surface area contributed by atoms with Gasteiger partial charge in [0.05, 0.1) is 29.6 Å². The first-order valence-corrected chi connectivity index (χ1v) is 11.7. The number of esters is 1. The van der Waals surface area contributed by atoms with Gasteiger partial charge in [-0.2, -0.15) is 0 Å². The van der Waals surface area contributed by atoms with Crippen LogP contribution < -0.4 is 4.90 Å². The van der Waals surface area contributed by atoms with Gasteiger partial charge in [0.15, 0.2) is 6.61 Å². The summed E-state index contributed by atoms with van der Waals surface area (Å²) in [5.74, 6) is -2.08. The number of fused-ring (bicyclic) bond motifs is 3. The third-order valence-electron chi connectivity index (χ3n) is 6.18. The standard InChI is InChI=1S/C25H22N2O5S/c28-22(27-18-9-3-5-11-20(18)33-21-12-6-4-10-19(21)27)15-32-23(29)13-14-26-24(30)16-7-1-2-8-17(16)25(26)31/h1-6,9-12,16-17H,7-8,13-15H2/t16-,17+. The number of allylic oxidation sites excluding steroid dienone is 2. The molecule has 0 bridgehead atoms. The van der Waals surface area contributed by atoms with Gasteiger partial charge < -0.3 is 4.74 Å². The van der Waals surface area contributed by atoms with E-state index in [1.165, 1.54) is 4.90 Å². The summed E-state index contributed by atoms with van der Waals surface area (Å²) in [5.41, 5.74) is 1.48. The maximum Gasteiger partial charge on any atom is 0.308 e. The SMILES string of the molecule is O=C(CCN1C(=O)[C@H]2CC=CC[C@H]2C1=O)OCC(=O)N1c2ccccc2Sc2ccccc21. The van der Waals surface area contributed by atoms with Crippen LogP contribution in [0.3, 0.4) is 0 Å². The summed E-state index contributed by atoms with van der Waals surface area (Å²) in [6, 6.07) is 15.1. The van der Waals surface area contributed by atoms with Crippen molar-refractivity contribution in [2.75, 3.05) is 18.1 Å². The van der Waals surface area contributed by atoms with E-state index in [0.29, 0.717) is 12.8 Å². The molecule has 2 atom stereocenters. The average molecular weight is 463 g/mol. The molecule has 0 saturated carbocycles. The number of carbonyl (C=O) groups is 4. The molecule has 1 saturated heterocycles. The molecule has 0 N–H and O–H groups in total. The van der Waals surface area contributed by atoms with Crippen molar-refractivity contribution in [1.82, 2.24) is 4.90 Å². The van der Waals surface area contributed by atoms with Crippen molar-refractivity contribution < 1.29 is 23.9 Å². The summed E-state index contributed by atoms with van der Waals surface area (Å²) in [6.07, 6.45) is 4.82. The van der Waals surface area contributed by atoms with E-state index < -0.39 is 12.6 Å². The van der Waals surface area contributed by atoms with Crippen LogP contribution in [0.2, 0.25) is 0 Å². The molecular weight excluding hydrogens is 440 g/mol. The highest BCUT2D eigenvalue weighted by molar-refractivity contribution is 7.99. The van der Waals surface area contributed by atoms with Crippen molar-refractivity contribution in [3.63, 3.8) is 0 Å². The van der Waals surface area contributed by atoms with E-state index in [4.69, 9.17) is 4.74 Å². The first-order valence-electron chi connectivity index (χ1n) is 10.9. The number of hydrogen-bond donors (Lipinski definition) is 0. The number of rotatable bonds is 5. The summed E-state index contributed by atoms with van der Waals surface area (Å²) in [5, 5.41) is 0. The van der Waals surface area contributed by atoms with E-state index in [2.05, 4.69) is 0 Å². The number of imide groups is 1. The fourth-order valence-electron chi connectivity index (χ4n) is 4.54. The van der Waals surface area contributed by atoms with E-state index in [9.17, 15) is 19.2 Å². The van der Waals surface area contributed by atoms with Gasteiger partial charge in [0.1, 0.15) is 0 Å². The monoisotopic (exact) mass is 462 g/mol. The second-order valence-electron chi connectivity index (χ2n) is 8.16. The van der Waals surface area contributed by atoms with Crippen molar-refractivity contribution in [1.29, 1.82) is 0 Å². The Morgan fingerprint density at radius 2 is 1.42 bits per heavy atom. The van der Waals surface area contributed by atoms with Crippen molar-refractivity contribution in [2.45, 2.75) is 29.1 Å². The summed E-state index contributed by atoms with van der Waals surface area (Å²) in [6.45, 7) is -0.451. The molecule has 2 aliphatic heterocycles. The Labute approximate surface area is 195 Å². The van der Waals surface area contributed by atoms with Crippen LogP contribution in [-0.2, 0) is 23.9 Å². The van der Waals surface area contributed by atoms with Gasteiger partial charge in [0.2, 0.25) is 11.8 Å². The van der Waals surface area contributed by atoms with Crippen molar-refractivity contribution in [2.24, 2.45) is 11.8 Å². The quantitative estimate of drug-likeness (QED) is 0.383. The fraction of sp³-hybridized carbons (Fsp3) is 0.280. The van der Waals surface area contributed by atoms with Gasteiger partial charge in [0.25, 0.3) is 5.91 Å². The van der Waals surface area contributed by atoms with Gasteiger partial charge in [-0.25, -0.2) is 0 Å². The van der Waals surface area contributed by atoms with Gasteiger partial charge >= 0.3 is 5.97 Å². The summed E-state index contributed by atoms with van der Waals surface area (Å²) >= 11 is 1.58. The lowest BCUT2D eigenvalue weighted by molar-refractivity contribution is -0.149. The Bertz CT molecular complexity index is 1110. The van der Waals surface area contributed by atoms with Crippen molar-refractivity contribution in [3.05, 3.63) is 60.7 Å². The molecule has 0 spiro atoms. The minimum atomic E-state index is -0.620. The van der Waals surface area contributed by atoms with E-state index in [-0.39, 0.29) is 42.5 Å². The molecule has 0 aromatic heterocycles. The van der Waals surface area contributed by atoms with E-state index in [1.54, 1.807) is 16.7 Å². The van der Waals surface area contributed by atoms with E-state index >= 15 is 0 Å². The highest BCUT2D eigenvalue weighted by Crippen LogP contribution is 2.47. The van der Waals surface area contributed by atoms with Gasteiger partial charge in [0, 0.05) is 16.3 Å². The number of nitrogens with zero attached hydrogens (tertiary/aromatic N) is 2. The van der Waals surface area contributed by atoms with Gasteiger partial charge in [-0.1, -0.05) is 48.2 Å². The molecule has 2 aromatic carbocycles. The Hall–Kier alpha value is -3.39. The Balaban J connectivity index is 1.21. The van der Waals surface area contributed by atoms with Crippen molar-refractivity contribution >= 4 is 46.8 Å². The first kappa shape index (κ1) is 21.5. The molecule has 2 heterocycles. The predicted octanol–water partition coefficient (Wildman–Crippen LogP) is 3.70. The molecule has 0 unspecified atom stereocenters. The minimum Gasteiger partial charge on any atom is -0.455 e. The Morgan fingerprint density at radius 1 is 0.879 bits per heavy atom. The van der Waals surface area contributed by atoms with Crippen LogP contribution in [0, 0.1) is 11.8 Å². The summed E-state index contributed by atoms with van der Waals surface area (Å²) in [4.78, 5) is 55.1. The van der Waals surface area contributed by atoms with Crippen LogP contribution in [0.4, 0.5) is 11.4 Å². The molecular formula is C25H22N2O5S. The lowest BCUT2D eigenvalue weighted by Crippen LogP contribution is -2.35. The molecule has 5 rings (SSSR count). The maximum absolute atomic E-state index is 13.1. The molecule has 3 amide bonds. The number of carbonyl (C=O) groups excluding carboxylic acids is 4. The molecule has 1 fully saturated rings. The molecule has 1 aliphatic carbocycles. The largest absolute Gasteiger partial charge is 0.455 e. The summed E-state index contributed by atoms with van der Waals surface area (Å²) < 4.78 is 5.24. The second-order valence-corrected chi connectivity index (χ2v) is 9.25. The van der Waals surface area contributed by atoms with Crippen LogP contribution in [-0.4, -0.2) is 41.7 Å². The number of benzene rings is 2. The normalized spacial score (nSPS) is 20.8. The predicted molar refractivity (Wildman–Crippen MR) is 122 cm³/mol. The highest BCUT2D eigenvalue weighted by atomic mass is 32.2. The maximum atomic E-state index is 13.1. The third kappa shape index (κ3) is 3.95. The number of hydrogen-bond acceptors (Lipinski definition) is 6. The zero-order valence-electron chi connectivity index (χ0n) is 17.8. The molecule has 8 heteroatoms. The summed E-state index contributed by atoms with van der Waals surface area (Å²) in [7, 11) is 0. The Morgan fingerprint density at radius 3 is 2.00 bits per heavy atom. The molecule has 7 nitrogen and oxygen atoms in total. The van der Waals surface area contributed by atoms with Gasteiger partial charge in [-0.15, -0.1) is 0 Å². The van der Waals surface area contributed by atoms with Crippen molar-refractivity contribution in [3.8, 4) is 0 Å². The lowest BCUT2D eigenvalue weighted by atomic mass is 9.85. The topological polar surface area (TPSA) is 84.0 Å². The van der Waals surface area contributed by atoms with Crippen LogP contribution in [0.15, 0.2) is 70.5 Å². The lowest BCUT2D eigenvalue weighted by Gasteiger charge is -2.30. The van der Waals surface area contributed by atoms with Gasteiger partial charge in [-0.3, -0.25) is 29.0 Å². The molecule has 168 valence electrons. The molecule has 0 radical (unpaired) electrons. The second kappa shape index (κ2) is 8.86. The minimum absolute atomic E-state index is 0.0241. The van der Waals surface area contributed by atoms with Crippen LogP contribution in [0.5, 0.6) is 0 Å². The van der Waals surface area contributed by atoms with E-state index in [0.717, 1.165) is 21.2 Å². The van der Waals surface area contributed by atoms with Crippen LogP contribution >= 0.6 is 11.8 Å². The first-order chi connectivity index (χ1) is 16.0. The number of para-hydroxylation sites is 2. The number of likely N-dealkylation sites (tertiary alicyclic amines) is 1. The van der Waals surface area contributed by atoms with Crippen LogP contribution in [0.25, 0.3) is 0 Å².